The molecule has 0 unspecified atom stereocenters. The summed E-state index contributed by atoms with van der Waals surface area (Å²) in [4.78, 5) is 28.9. The molecule has 162 valence electrons. The number of hydrogen-bond donors (Lipinski definition) is 2. The van der Waals surface area contributed by atoms with Crippen molar-refractivity contribution < 1.29 is 23.5 Å². The van der Waals surface area contributed by atoms with Gasteiger partial charge in [-0.05, 0) is 36.4 Å². The fraction of sp³-hybridized carbons (Fsp3) is 0.190. The number of thiazole rings is 1. The van der Waals surface area contributed by atoms with Crippen molar-refractivity contribution in [1.29, 1.82) is 0 Å². The smallest absolute Gasteiger partial charge is 0.261 e. The van der Waals surface area contributed by atoms with Crippen LogP contribution in [0.25, 0.3) is 0 Å². The Bertz CT molecular complexity index is 1060. The number of carbonyl (C=O) groups is 2. The molecule has 1 heterocycles. The minimum atomic E-state index is -0.357. The van der Waals surface area contributed by atoms with Crippen LogP contribution in [0, 0.1) is 5.82 Å². The molecule has 0 aliphatic heterocycles. The molecule has 0 bridgehead atoms. The third-order valence-electron chi connectivity index (χ3n) is 4.04. The van der Waals surface area contributed by atoms with Crippen LogP contribution in [0.2, 0.25) is 0 Å². The normalized spacial score (nSPS) is 10.4. The number of benzene rings is 2. The SMILES string of the molecule is COc1ccc(C(=O)Nc2nc(CSCC(=O)Nc3ccc(F)cc3)cs2)c(OC)c1. The van der Waals surface area contributed by atoms with E-state index in [4.69, 9.17) is 9.47 Å². The van der Waals surface area contributed by atoms with Gasteiger partial charge in [-0.3, -0.25) is 14.9 Å². The van der Waals surface area contributed by atoms with Crippen LogP contribution in [-0.2, 0) is 10.5 Å². The highest BCUT2D eigenvalue weighted by Gasteiger charge is 2.15. The highest BCUT2D eigenvalue weighted by Crippen LogP contribution is 2.26. The second-order valence-corrected chi connectivity index (χ2v) is 8.06. The van der Waals surface area contributed by atoms with Gasteiger partial charge in [0.1, 0.15) is 17.3 Å². The molecule has 2 amide bonds. The van der Waals surface area contributed by atoms with E-state index in [1.165, 1.54) is 61.6 Å². The van der Waals surface area contributed by atoms with Crippen molar-refractivity contribution in [3.63, 3.8) is 0 Å². The first-order valence-corrected chi connectivity index (χ1v) is 11.1. The van der Waals surface area contributed by atoms with Crippen molar-refractivity contribution >= 4 is 45.7 Å². The Labute approximate surface area is 187 Å². The summed E-state index contributed by atoms with van der Waals surface area (Å²) in [7, 11) is 3.02. The molecule has 2 N–H and O–H groups in total. The molecule has 0 radical (unpaired) electrons. The Morgan fingerprint density at radius 2 is 1.87 bits per heavy atom. The van der Waals surface area contributed by atoms with Gasteiger partial charge >= 0.3 is 0 Å². The topological polar surface area (TPSA) is 89.5 Å². The third-order valence-corrected chi connectivity index (χ3v) is 5.81. The second-order valence-electron chi connectivity index (χ2n) is 6.21. The third kappa shape index (κ3) is 6.43. The van der Waals surface area contributed by atoms with Gasteiger partial charge < -0.3 is 14.8 Å². The van der Waals surface area contributed by atoms with Gasteiger partial charge in [-0.2, -0.15) is 0 Å². The number of hydrogen-bond acceptors (Lipinski definition) is 7. The van der Waals surface area contributed by atoms with Gasteiger partial charge in [-0.1, -0.05) is 0 Å². The fourth-order valence-corrected chi connectivity index (χ4v) is 4.09. The molecule has 0 saturated carbocycles. The average molecular weight is 462 g/mol. The second kappa shape index (κ2) is 10.8. The van der Waals surface area contributed by atoms with E-state index >= 15 is 0 Å². The van der Waals surface area contributed by atoms with Crippen molar-refractivity contribution in [2.45, 2.75) is 5.75 Å². The van der Waals surface area contributed by atoms with Crippen LogP contribution >= 0.6 is 23.1 Å². The maximum atomic E-state index is 12.9. The molecule has 0 aliphatic rings. The number of methoxy groups -OCH3 is 2. The number of rotatable bonds is 9. The molecular weight excluding hydrogens is 441 g/mol. The van der Waals surface area contributed by atoms with Crippen LogP contribution in [0.15, 0.2) is 47.8 Å². The Morgan fingerprint density at radius 3 is 2.58 bits per heavy atom. The number of aromatic nitrogens is 1. The van der Waals surface area contributed by atoms with E-state index in [2.05, 4.69) is 15.6 Å². The van der Waals surface area contributed by atoms with Crippen LogP contribution in [0.5, 0.6) is 11.5 Å². The van der Waals surface area contributed by atoms with E-state index in [0.29, 0.717) is 33.6 Å². The lowest BCUT2D eigenvalue weighted by Crippen LogP contribution is -2.14. The van der Waals surface area contributed by atoms with E-state index in [-0.39, 0.29) is 23.4 Å². The molecule has 1 aromatic heterocycles. The Balaban J connectivity index is 1.49. The molecule has 0 aliphatic carbocycles. The van der Waals surface area contributed by atoms with Crippen LogP contribution in [0.3, 0.4) is 0 Å². The van der Waals surface area contributed by atoms with Gasteiger partial charge in [0.15, 0.2) is 5.13 Å². The molecule has 7 nitrogen and oxygen atoms in total. The standard InChI is InChI=1S/C21H20FN3O4S2/c1-28-16-7-8-17(18(9-16)29-2)20(27)25-21-24-15(11-31-21)10-30-12-19(26)23-14-5-3-13(22)4-6-14/h3-9,11H,10,12H2,1-2H3,(H,23,26)(H,24,25,27). The van der Waals surface area contributed by atoms with Crippen molar-refractivity contribution in [1.82, 2.24) is 4.98 Å². The van der Waals surface area contributed by atoms with E-state index in [9.17, 15) is 14.0 Å². The van der Waals surface area contributed by atoms with Crippen molar-refractivity contribution in [2.75, 3.05) is 30.6 Å². The number of nitrogens with zero attached hydrogens (tertiary/aromatic N) is 1. The van der Waals surface area contributed by atoms with E-state index < -0.39 is 0 Å². The van der Waals surface area contributed by atoms with E-state index in [1.807, 2.05) is 5.38 Å². The number of thioether (sulfide) groups is 1. The van der Waals surface area contributed by atoms with Crippen LogP contribution in [-0.4, -0.2) is 36.8 Å². The Morgan fingerprint density at radius 1 is 1.10 bits per heavy atom. The first kappa shape index (κ1) is 22.6. The average Bonchev–Trinajstić information content (AvgIpc) is 3.21. The van der Waals surface area contributed by atoms with E-state index in [1.54, 1.807) is 18.2 Å². The summed E-state index contributed by atoms with van der Waals surface area (Å²) >= 11 is 2.69. The maximum Gasteiger partial charge on any atom is 0.261 e. The lowest BCUT2D eigenvalue weighted by Gasteiger charge is -2.09. The zero-order valence-electron chi connectivity index (χ0n) is 16.8. The highest BCUT2D eigenvalue weighted by molar-refractivity contribution is 7.99. The zero-order chi connectivity index (χ0) is 22.2. The van der Waals surface area contributed by atoms with Gasteiger partial charge in [0.2, 0.25) is 5.91 Å². The number of nitrogens with one attached hydrogen (secondary N) is 2. The molecule has 0 fully saturated rings. The van der Waals surface area contributed by atoms with Crippen molar-refractivity contribution in [3.05, 3.63) is 64.9 Å². The minimum Gasteiger partial charge on any atom is -0.497 e. The van der Waals surface area contributed by atoms with Crippen molar-refractivity contribution in [2.24, 2.45) is 0 Å². The lowest BCUT2D eigenvalue weighted by molar-refractivity contribution is -0.113. The molecule has 3 aromatic rings. The number of anilines is 2. The van der Waals surface area contributed by atoms with Gasteiger partial charge in [0.05, 0.1) is 31.2 Å². The predicted octanol–water partition coefficient (Wildman–Crippen LogP) is 4.42. The van der Waals surface area contributed by atoms with Crippen LogP contribution < -0.4 is 20.1 Å². The van der Waals surface area contributed by atoms with Crippen LogP contribution in [0.4, 0.5) is 15.2 Å². The number of amides is 2. The molecular formula is C21H20FN3O4S2. The first-order valence-electron chi connectivity index (χ1n) is 9.09. The number of ether oxygens (including phenoxy) is 2. The summed E-state index contributed by atoms with van der Waals surface area (Å²) in [6, 6.07) is 10.5. The molecule has 0 spiro atoms. The number of halogens is 1. The molecule has 2 aromatic carbocycles. The van der Waals surface area contributed by atoms with Gasteiger partial charge in [0.25, 0.3) is 5.91 Å². The Kier molecular flexibility index (Phi) is 7.85. The summed E-state index contributed by atoms with van der Waals surface area (Å²) in [5, 5.41) is 7.74. The van der Waals surface area contributed by atoms with Gasteiger partial charge in [0, 0.05) is 22.9 Å². The summed E-state index contributed by atoms with van der Waals surface area (Å²) < 4.78 is 23.3. The molecule has 3 rings (SSSR count). The minimum absolute atomic E-state index is 0.188. The summed E-state index contributed by atoms with van der Waals surface area (Å²) in [5.74, 6) is 0.832. The highest BCUT2D eigenvalue weighted by atomic mass is 32.2. The Hall–Kier alpha value is -3.11. The summed E-state index contributed by atoms with van der Waals surface area (Å²) in [5.41, 5.74) is 1.66. The summed E-state index contributed by atoms with van der Waals surface area (Å²) in [6.45, 7) is 0. The lowest BCUT2D eigenvalue weighted by atomic mass is 10.2. The summed E-state index contributed by atoms with van der Waals surface area (Å²) in [6.07, 6.45) is 0. The molecule has 0 atom stereocenters. The largest absolute Gasteiger partial charge is 0.497 e. The molecule has 31 heavy (non-hydrogen) atoms. The predicted molar refractivity (Wildman–Crippen MR) is 121 cm³/mol. The monoisotopic (exact) mass is 461 g/mol. The number of carbonyl (C=O) groups excluding carboxylic acids is 2. The quantitative estimate of drug-likeness (QED) is 0.490. The molecule has 10 heteroatoms. The first-order chi connectivity index (χ1) is 15.0. The van der Waals surface area contributed by atoms with Crippen molar-refractivity contribution in [3.8, 4) is 11.5 Å². The van der Waals surface area contributed by atoms with Gasteiger partial charge in [-0.15, -0.1) is 23.1 Å². The zero-order valence-corrected chi connectivity index (χ0v) is 18.4. The van der Waals surface area contributed by atoms with Crippen LogP contribution in [0.1, 0.15) is 16.1 Å². The fourth-order valence-electron chi connectivity index (χ4n) is 2.56. The van der Waals surface area contributed by atoms with E-state index in [0.717, 1.165) is 5.69 Å². The molecule has 0 saturated heterocycles. The van der Waals surface area contributed by atoms with Gasteiger partial charge in [-0.25, -0.2) is 9.37 Å². The maximum absolute atomic E-state index is 12.9.